The fourth-order valence-corrected chi connectivity index (χ4v) is 7.88. The summed E-state index contributed by atoms with van der Waals surface area (Å²) >= 11 is 0. The third-order valence-corrected chi connectivity index (χ3v) is 11.7. The molecule has 0 aromatic heterocycles. The number of carbonyl (C=O) groups excluding carboxylic acids is 4. The zero-order chi connectivity index (χ0) is 46.9. The number of ether oxygens (including phenoxy) is 4. The summed E-state index contributed by atoms with van der Waals surface area (Å²) in [5.74, 6) is -2.29. The van der Waals surface area contributed by atoms with Gasteiger partial charge in [-0.3, -0.25) is 9.59 Å². The van der Waals surface area contributed by atoms with Crippen LogP contribution < -0.4 is 10.2 Å². The summed E-state index contributed by atoms with van der Waals surface area (Å²) in [7, 11) is 0. The van der Waals surface area contributed by atoms with E-state index in [4.69, 9.17) is 18.9 Å². The van der Waals surface area contributed by atoms with E-state index in [9.17, 15) is 29.4 Å². The Balaban J connectivity index is 0.00000124. The van der Waals surface area contributed by atoms with Crippen LogP contribution in [0.3, 0.4) is 0 Å². The van der Waals surface area contributed by atoms with Crippen LogP contribution in [-0.4, -0.2) is 97.2 Å². The van der Waals surface area contributed by atoms with Gasteiger partial charge in [-0.15, -0.1) is 0 Å². The Labute approximate surface area is 434 Å². The second kappa shape index (κ2) is 44.3. The molecule has 0 N–H and O–H groups in total. The summed E-state index contributed by atoms with van der Waals surface area (Å²) < 4.78 is 23.3. The average Bonchev–Trinajstić information content (AvgIpc) is 3.27. The maximum atomic E-state index is 11.5. The SMILES string of the molecule is CCC(CCC(CCCCCCCCCCCC(=O)[O-])OC(C)=O)OCc1ccccc1.CCC(CCC(CCCCCCCCCCCC(=O)[O-])OC(C)=O)OCc1ccccc1.[Ba+2]. The molecule has 2 aromatic carbocycles. The fourth-order valence-electron chi connectivity index (χ4n) is 7.88. The largest absolute Gasteiger partial charge is 2.00 e. The molecule has 0 saturated carbocycles. The molecule has 2 rings (SSSR count). The fraction of sp³-hybridized carbons (Fsp3) is 0.704. The summed E-state index contributed by atoms with van der Waals surface area (Å²) in [4.78, 5) is 43.8. The number of esters is 2. The first-order valence-electron chi connectivity index (χ1n) is 25.1. The van der Waals surface area contributed by atoms with Gasteiger partial charge in [0.2, 0.25) is 0 Å². The molecule has 0 saturated heterocycles. The van der Waals surface area contributed by atoms with Crippen LogP contribution in [0.5, 0.6) is 0 Å². The molecule has 0 aliphatic heterocycles. The van der Waals surface area contributed by atoms with Gasteiger partial charge in [0.1, 0.15) is 12.2 Å². The number of aliphatic carboxylic acids is 2. The van der Waals surface area contributed by atoms with Gasteiger partial charge in [-0.2, -0.15) is 0 Å². The van der Waals surface area contributed by atoms with Crippen molar-refractivity contribution in [1.82, 2.24) is 0 Å². The van der Waals surface area contributed by atoms with Gasteiger partial charge < -0.3 is 38.7 Å². The van der Waals surface area contributed by atoms with Gasteiger partial charge in [0, 0.05) is 25.8 Å². The Morgan fingerprint density at radius 2 is 0.692 bits per heavy atom. The van der Waals surface area contributed by atoms with Crippen molar-refractivity contribution >= 4 is 72.8 Å². The molecule has 0 bridgehead atoms. The van der Waals surface area contributed by atoms with Gasteiger partial charge in [-0.1, -0.05) is 164 Å². The molecule has 0 aliphatic carbocycles. The van der Waals surface area contributed by atoms with E-state index < -0.39 is 11.9 Å². The molecule has 0 spiro atoms. The van der Waals surface area contributed by atoms with E-state index in [0.717, 1.165) is 116 Å². The van der Waals surface area contributed by atoms with Crippen LogP contribution in [0.2, 0.25) is 0 Å². The van der Waals surface area contributed by atoms with Crippen molar-refractivity contribution in [3.8, 4) is 0 Å². The molecule has 0 fully saturated rings. The average molecular weight is 1030 g/mol. The van der Waals surface area contributed by atoms with Crippen molar-refractivity contribution in [3.05, 3.63) is 71.8 Å². The second-order valence-corrected chi connectivity index (χ2v) is 17.5. The Bertz CT molecular complexity index is 1320. The van der Waals surface area contributed by atoms with Crippen LogP contribution in [-0.2, 0) is 51.3 Å². The van der Waals surface area contributed by atoms with E-state index in [1.165, 1.54) is 76.3 Å². The van der Waals surface area contributed by atoms with Crippen LogP contribution in [0, 0.1) is 0 Å². The molecule has 364 valence electrons. The number of unbranched alkanes of at least 4 members (excludes halogenated alkanes) is 16. The number of carboxylic acid groups (broad SMARTS) is 2. The normalized spacial score (nSPS) is 12.7. The van der Waals surface area contributed by atoms with Crippen molar-refractivity contribution in [1.29, 1.82) is 0 Å². The molecule has 0 amide bonds. The third-order valence-electron chi connectivity index (χ3n) is 11.7. The van der Waals surface area contributed by atoms with Crippen LogP contribution in [0.25, 0.3) is 0 Å². The van der Waals surface area contributed by atoms with Gasteiger partial charge in [0.25, 0.3) is 0 Å². The third kappa shape index (κ3) is 40.6. The topological polar surface area (TPSA) is 151 Å². The molecule has 0 radical (unpaired) electrons. The molecular formula is C54H86BaO10. The summed E-state index contributed by atoms with van der Waals surface area (Å²) in [6.45, 7) is 8.49. The molecule has 0 aliphatic rings. The molecule has 11 heteroatoms. The predicted octanol–water partition coefficient (Wildman–Crippen LogP) is 11.1. The van der Waals surface area contributed by atoms with Crippen LogP contribution in [0.15, 0.2) is 60.7 Å². The van der Waals surface area contributed by atoms with E-state index in [2.05, 4.69) is 38.1 Å². The zero-order valence-electron chi connectivity index (χ0n) is 41.1. The van der Waals surface area contributed by atoms with Gasteiger partial charge >= 0.3 is 60.8 Å². The Morgan fingerprint density at radius 1 is 0.415 bits per heavy atom. The van der Waals surface area contributed by atoms with Crippen molar-refractivity contribution in [3.63, 3.8) is 0 Å². The number of carbonyl (C=O) groups is 4. The van der Waals surface area contributed by atoms with Crippen LogP contribution >= 0.6 is 0 Å². The Morgan fingerprint density at radius 3 is 0.969 bits per heavy atom. The minimum atomic E-state index is -0.943. The van der Waals surface area contributed by atoms with E-state index in [0.29, 0.717) is 13.2 Å². The molecule has 4 unspecified atom stereocenters. The maximum absolute atomic E-state index is 11.5. The summed E-state index contributed by atoms with van der Waals surface area (Å²) in [5, 5.41) is 20.7. The monoisotopic (exact) mass is 1030 g/mol. The van der Waals surface area contributed by atoms with Crippen LogP contribution in [0.4, 0.5) is 0 Å². The molecule has 2 aromatic rings. The van der Waals surface area contributed by atoms with Gasteiger partial charge in [0.15, 0.2) is 0 Å². The number of rotatable bonds is 40. The van der Waals surface area contributed by atoms with Gasteiger partial charge in [-0.25, -0.2) is 0 Å². The molecule has 65 heavy (non-hydrogen) atoms. The molecule has 4 atom stereocenters. The molecule has 10 nitrogen and oxygen atoms in total. The van der Waals surface area contributed by atoms with Crippen molar-refractivity contribution in [2.45, 2.75) is 245 Å². The van der Waals surface area contributed by atoms with Crippen molar-refractivity contribution in [2.24, 2.45) is 0 Å². The smallest absolute Gasteiger partial charge is 0.550 e. The minimum Gasteiger partial charge on any atom is -0.550 e. The van der Waals surface area contributed by atoms with E-state index in [1.807, 2.05) is 36.4 Å². The minimum absolute atomic E-state index is 0. The maximum Gasteiger partial charge on any atom is 2.00 e. The second-order valence-electron chi connectivity index (χ2n) is 17.5. The van der Waals surface area contributed by atoms with Crippen molar-refractivity contribution < 1.29 is 48.3 Å². The van der Waals surface area contributed by atoms with E-state index in [1.54, 1.807) is 0 Å². The zero-order valence-corrected chi connectivity index (χ0v) is 45.5. The first-order chi connectivity index (χ1) is 31.0. The Kier molecular flexibility index (Phi) is 42.8. The van der Waals surface area contributed by atoms with Gasteiger partial charge in [-0.05, 0) is 101 Å². The summed E-state index contributed by atoms with van der Waals surface area (Å²) in [6.07, 6.45) is 27.6. The molecule has 0 heterocycles. The Hall–Kier alpha value is -2.19. The number of carboxylic acids is 2. The first kappa shape index (κ1) is 62.8. The van der Waals surface area contributed by atoms with E-state index >= 15 is 0 Å². The number of benzene rings is 2. The summed E-state index contributed by atoms with van der Waals surface area (Å²) in [6, 6.07) is 20.4. The standard InChI is InChI=1S/2C27H44O5.Ba/c2*1-3-25(31-22-24-16-12-11-13-17-24)20-21-26(32-23(2)28)18-14-9-7-5-4-6-8-10-15-19-27(29)30;/h2*11-13,16-17,25-26H,3-10,14-15,18-22H2,1-2H3,(H,29,30);/q;;+2/p-2. The molecular weight excluding hydrogens is 946 g/mol. The predicted molar refractivity (Wildman–Crippen MR) is 258 cm³/mol. The summed E-state index contributed by atoms with van der Waals surface area (Å²) in [5.41, 5.74) is 2.36. The van der Waals surface area contributed by atoms with Crippen LogP contribution in [0.1, 0.15) is 219 Å². The first-order valence-corrected chi connectivity index (χ1v) is 25.1. The van der Waals surface area contributed by atoms with Crippen molar-refractivity contribution in [2.75, 3.05) is 0 Å². The number of hydrogen-bond acceptors (Lipinski definition) is 10. The van der Waals surface area contributed by atoms with Gasteiger partial charge in [0.05, 0.1) is 25.4 Å². The van der Waals surface area contributed by atoms with E-state index in [-0.39, 0.29) is 98.1 Å². The number of hydrogen-bond donors (Lipinski definition) is 0. The quantitative estimate of drug-likeness (QED) is 0.0358.